The first-order chi connectivity index (χ1) is 8.56. The number of nitrogens with zero attached hydrogens (tertiary/aromatic N) is 5. The summed E-state index contributed by atoms with van der Waals surface area (Å²) < 4.78 is 9.44. The first-order valence-electron chi connectivity index (χ1n) is 5.48. The van der Waals surface area contributed by atoms with Crippen molar-refractivity contribution in [3.63, 3.8) is 0 Å². The normalized spacial score (nSPS) is 12.7. The molecule has 0 radical (unpaired) electrons. The van der Waals surface area contributed by atoms with E-state index in [1.165, 1.54) is 11.5 Å². The fraction of sp³-hybridized carbons (Fsp3) is 0.600. The lowest BCUT2D eigenvalue weighted by atomic mass is 10.5. The van der Waals surface area contributed by atoms with Crippen LogP contribution in [0.15, 0.2) is 4.52 Å². The van der Waals surface area contributed by atoms with Crippen molar-refractivity contribution in [3.8, 4) is 0 Å². The Morgan fingerprint density at radius 3 is 2.72 bits per heavy atom. The van der Waals surface area contributed by atoms with Gasteiger partial charge in [-0.15, -0.1) is 11.8 Å². The monoisotopic (exact) mass is 285 g/mol. The number of rotatable bonds is 5. The second kappa shape index (κ2) is 5.66. The van der Waals surface area contributed by atoms with Crippen LogP contribution in [0.25, 0.3) is 0 Å². The Morgan fingerprint density at radius 1 is 1.39 bits per heavy atom. The SMILES string of the molecule is Cc1noc([C@@H](C)SCc2nsc(N(C)C)n2)n1. The Morgan fingerprint density at radius 2 is 2.17 bits per heavy atom. The minimum atomic E-state index is 0.150. The molecule has 0 N–H and O–H groups in total. The summed E-state index contributed by atoms with van der Waals surface area (Å²) in [4.78, 5) is 10.6. The lowest BCUT2D eigenvalue weighted by molar-refractivity contribution is 0.376. The van der Waals surface area contributed by atoms with E-state index in [1.54, 1.807) is 11.8 Å². The molecule has 0 amide bonds. The van der Waals surface area contributed by atoms with Crippen LogP contribution < -0.4 is 4.90 Å². The van der Waals surface area contributed by atoms with E-state index in [0.29, 0.717) is 11.7 Å². The lowest BCUT2D eigenvalue weighted by Gasteiger charge is -2.05. The van der Waals surface area contributed by atoms with Crippen LogP contribution in [0.3, 0.4) is 0 Å². The summed E-state index contributed by atoms with van der Waals surface area (Å²) in [5.41, 5.74) is 0. The fourth-order valence-corrected chi connectivity index (χ4v) is 2.68. The lowest BCUT2D eigenvalue weighted by Crippen LogP contribution is -2.07. The van der Waals surface area contributed by atoms with Crippen LogP contribution in [0.1, 0.15) is 29.7 Å². The van der Waals surface area contributed by atoms with E-state index in [0.717, 1.165) is 16.7 Å². The predicted octanol–water partition coefficient (Wildman–Crippen LogP) is 2.29. The molecule has 98 valence electrons. The molecule has 6 nitrogen and oxygen atoms in total. The van der Waals surface area contributed by atoms with E-state index in [1.807, 2.05) is 32.8 Å². The maximum atomic E-state index is 5.13. The molecule has 2 heterocycles. The number of aromatic nitrogens is 4. The van der Waals surface area contributed by atoms with Gasteiger partial charge in [-0.05, 0) is 13.8 Å². The van der Waals surface area contributed by atoms with Gasteiger partial charge in [-0.2, -0.15) is 9.36 Å². The highest BCUT2D eigenvalue weighted by molar-refractivity contribution is 7.98. The molecular formula is C10H15N5OS2. The number of aryl methyl sites for hydroxylation is 1. The summed E-state index contributed by atoms with van der Waals surface area (Å²) in [7, 11) is 3.92. The van der Waals surface area contributed by atoms with E-state index < -0.39 is 0 Å². The van der Waals surface area contributed by atoms with Crippen LogP contribution in [0.5, 0.6) is 0 Å². The van der Waals surface area contributed by atoms with E-state index in [9.17, 15) is 0 Å². The Hall–Kier alpha value is -1.15. The Kier molecular flexibility index (Phi) is 4.18. The average Bonchev–Trinajstić information content (AvgIpc) is 2.94. The van der Waals surface area contributed by atoms with Crippen molar-refractivity contribution in [2.75, 3.05) is 19.0 Å². The quantitative estimate of drug-likeness (QED) is 0.834. The van der Waals surface area contributed by atoms with Crippen molar-refractivity contribution >= 4 is 28.4 Å². The van der Waals surface area contributed by atoms with Crippen molar-refractivity contribution < 1.29 is 4.52 Å². The van der Waals surface area contributed by atoms with Crippen molar-refractivity contribution in [3.05, 3.63) is 17.5 Å². The van der Waals surface area contributed by atoms with Gasteiger partial charge in [-0.1, -0.05) is 5.16 Å². The molecule has 2 aromatic heterocycles. The van der Waals surface area contributed by atoms with Gasteiger partial charge in [0.2, 0.25) is 11.0 Å². The summed E-state index contributed by atoms with van der Waals surface area (Å²) in [5.74, 6) is 2.91. The standard InChI is InChI=1S/C10H15N5OS2/c1-6(9-11-7(2)13-16-9)17-5-8-12-10(15(3)4)18-14-8/h6H,5H2,1-4H3/t6-/m1/s1. The highest BCUT2D eigenvalue weighted by atomic mass is 32.2. The summed E-state index contributed by atoms with van der Waals surface area (Å²) in [6, 6.07) is 0. The molecule has 0 spiro atoms. The summed E-state index contributed by atoms with van der Waals surface area (Å²) in [6.07, 6.45) is 0. The van der Waals surface area contributed by atoms with Gasteiger partial charge >= 0.3 is 0 Å². The van der Waals surface area contributed by atoms with Gasteiger partial charge in [-0.25, -0.2) is 4.98 Å². The van der Waals surface area contributed by atoms with Crippen LogP contribution in [0.4, 0.5) is 5.13 Å². The third-order valence-electron chi connectivity index (χ3n) is 2.19. The van der Waals surface area contributed by atoms with Crippen molar-refractivity contribution in [2.45, 2.75) is 24.9 Å². The van der Waals surface area contributed by atoms with Crippen molar-refractivity contribution in [2.24, 2.45) is 0 Å². The first-order valence-corrected chi connectivity index (χ1v) is 7.30. The second-order valence-electron chi connectivity index (χ2n) is 4.02. The highest BCUT2D eigenvalue weighted by Gasteiger charge is 2.15. The Bertz CT molecular complexity index is 510. The molecule has 0 fully saturated rings. The van der Waals surface area contributed by atoms with Crippen molar-refractivity contribution in [1.29, 1.82) is 0 Å². The Balaban J connectivity index is 1.90. The van der Waals surface area contributed by atoms with Gasteiger partial charge in [0.1, 0.15) is 0 Å². The molecule has 0 aliphatic rings. The van der Waals surface area contributed by atoms with Crippen LogP contribution in [-0.4, -0.2) is 33.6 Å². The second-order valence-corrected chi connectivity index (χ2v) is 6.08. The average molecular weight is 285 g/mol. The molecule has 1 atom stereocenters. The summed E-state index contributed by atoms with van der Waals surface area (Å²) in [6.45, 7) is 3.85. The largest absolute Gasteiger partial charge is 0.353 e. The third-order valence-corrected chi connectivity index (χ3v) is 4.24. The smallest absolute Gasteiger partial charge is 0.239 e. The molecule has 2 rings (SSSR count). The number of thioether (sulfide) groups is 1. The van der Waals surface area contributed by atoms with Crippen LogP contribution in [-0.2, 0) is 5.75 Å². The van der Waals surface area contributed by atoms with Crippen molar-refractivity contribution in [1.82, 2.24) is 19.5 Å². The topological polar surface area (TPSA) is 67.9 Å². The molecule has 18 heavy (non-hydrogen) atoms. The first kappa shape index (κ1) is 13.3. The van der Waals surface area contributed by atoms with Gasteiger partial charge in [-0.3, -0.25) is 0 Å². The molecule has 0 unspecified atom stereocenters. The van der Waals surface area contributed by atoms with E-state index in [4.69, 9.17) is 4.52 Å². The van der Waals surface area contributed by atoms with E-state index in [-0.39, 0.29) is 5.25 Å². The fourth-order valence-electron chi connectivity index (χ4n) is 1.23. The van der Waals surface area contributed by atoms with Crippen LogP contribution in [0.2, 0.25) is 0 Å². The molecular weight excluding hydrogens is 270 g/mol. The number of hydrogen-bond donors (Lipinski definition) is 0. The molecule has 0 aliphatic carbocycles. The number of anilines is 1. The molecule has 0 bridgehead atoms. The van der Waals surface area contributed by atoms with Gasteiger partial charge in [0.05, 0.1) is 11.0 Å². The summed E-state index contributed by atoms with van der Waals surface area (Å²) in [5, 5.41) is 4.86. The minimum absolute atomic E-state index is 0.150. The zero-order valence-electron chi connectivity index (χ0n) is 10.7. The minimum Gasteiger partial charge on any atom is -0.353 e. The van der Waals surface area contributed by atoms with Crippen LogP contribution >= 0.6 is 23.3 Å². The summed E-state index contributed by atoms with van der Waals surface area (Å²) >= 11 is 3.10. The molecule has 2 aromatic rings. The van der Waals surface area contributed by atoms with Gasteiger partial charge < -0.3 is 9.42 Å². The molecule has 8 heteroatoms. The molecule has 0 aliphatic heterocycles. The molecule has 0 saturated heterocycles. The van der Waals surface area contributed by atoms with E-state index in [2.05, 4.69) is 19.5 Å². The Labute approximate surface area is 114 Å². The van der Waals surface area contributed by atoms with Crippen LogP contribution in [0, 0.1) is 6.92 Å². The number of hydrogen-bond acceptors (Lipinski definition) is 8. The predicted molar refractivity (Wildman–Crippen MR) is 73.0 cm³/mol. The zero-order valence-corrected chi connectivity index (χ0v) is 12.4. The molecule has 0 saturated carbocycles. The third kappa shape index (κ3) is 3.20. The zero-order chi connectivity index (χ0) is 13.1. The van der Waals surface area contributed by atoms with Gasteiger partial charge in [0.15, 0.2) is 11.6 Å². The highest BCUT2D eigenvalue weighted by Crippen LogP contribution is 2.29. The van der Waals surface area contributed by atoms with Gasteiger partial charge in [0, 0.05) is 25.6 Å². The van der Waals surface area contributed by atoms with Gasteiger partial charge in [0.25, 0.3) is 0 Å². The molecule has 0 aromatic carbocycles. The van der Waals surface area contributed by atoms with E-state index >= 15 is 0 Å². The maximum Gasteiger partial charge on any atom is 0.239 e. The maximum absolute atomic E-state index is 5.13.